The lowest BCUT2D eigenvalue weighted by Crippen LogP contribution is -2.32. The van der Waals surface area contributed by atoms with E-state index in [4.69, 9.17) is 63.1 Å². The van der Waals surface area contributed by atoms with E-state index in [0.717, 1.165) is 27.9 Å². The van der Waals surface area contributed by atoms with Crippen molar-refractivity contribution in [2.75, 3.05) is 0 Å². The molecule has 10 aromatic carbocycles. The zero-order valence-corrected chi connectivity index (χ0v) is 80.0. The summed E-state index contributed by atoms with van der Waals surface area (Å²) in [5.74, 6) is -1.74. The van der Waals surface area contributed by atoms with Crippen LogP contribution in [0.1, 0.15) is 272 Å². The quantitative estimate of drug-likeness (QED) is 0.0912. The van der Waals surface area contributed by atoms with Crippen molar-refractivity contribution in [1.82, 2.24) is 0 Å². The molecule has 0 amide bonds. The first-order chi connectivity index (χ1) is 80.5. The Kier molecular flexibility index (Phi) is 17.7. The molecule has 0 N–H and O–H groups in total. The fraction of sp³-hybridized carbons (Fsp3) is 0.331. The van der Waals surface area contributed by atoms with E-state index in [1.807, 2.05) is 94.9 Å². The zero-order valence-electron chi connectivity index (χ0n) is 126. The highest BCUT2D eigenvalue weighted by Gasteiger charge is 2.27. The number of nitrogens with zero attached hydrogens (tertiary/aromatic N) is 5. The molecule has 15 rings (SSSR count). The van der Waals surface area contributed by atoms with Crippen LogP contribution in [-0.4, -0.2) is 0 Å². The number of hydrogen-bond donors (Lipinski definition) is 0. The highest BCUT2D eigenvalue weighted by molar-refractivity contribution is 5.83. The van der Waals surface area contributed by atoms with Crippen LogP contribution in [0.3, 0.4) is 0 Å². The first-order valence-electron chi connectivity index (χ1n) is 66.9. The van der Waals surface area contributed by atoms with Gasteiger partial charge in [-0.25, -0.2) is 22.8 Å². The Labute approximate surface area is 861 Å². The Bertz CT molecular complexity index is 8690. The van der Waals surface area contributed by atoms with E-state index in [9.17, 15) is 0 Å². The van der Waals surface area contributed by atoms with Crippen molar-refractivity contribution in [2.24, 2.45) is 52.0 Å². The van der Waals surface area contributed by atoms with E-state index in [1.54, 1.807) is 257 Å². The smallest absolute Gasteiger partial charge is 0.201 e. The van der Waals surface area contributed by atoms with Crippen LogP contribution in [0.25, 0.3) is 112 Å². The molecular weight excluding hydrogens is 1600 g/mol. The van der Waals surface area contributed by atoms with Crippen molar-refractivity contribution < 1.29 is 85.9 Å². The summed E-state index contributed by atoms with van der Waals surface area (Å²) in [6, 6.07) is 59.7. The van der Waals surface area contributed by atoms with E-state index < -0.39 is 131 Å². The normalized spacial score (nSPS) is 18.2. The van der Waals surface area contributed by atoms with Gasteiger partial charge in [-0.3, -0.25) is 0 Å². The number of benzene rings is 10. The predicted octanol–water partition coefficient (Wildman–Crippen LogP) is 30.9. The van der Waals surface area contributed by atoms with Gasteiger partial charge in [0, 0.05) is 150 Å². The average Bonchev–Trinajstić information content (AvgIpc) is 0.744. The maximum absolute atomic E-state index is 8.88. The van der Waals surface area contributed by atoms with Crippen molar-refractivity contribution in [3.63, 3.8) is 0 Å². The molecule has 0 aliphatic heterocycles. The summed E-state index contributed by atoms with van der Waals surface area (Å²) >= 11 is 0. The second-order valence-corrected chi connectivity index (χ2v) is 36.7. The van der Waals surface area contributed by atoms with Gasteiger partial charge in [0.05, 0.1) is 0 Å². The van der Waals surface area contributed by atoms with Gasteiger partial charge < -0.3 is 0 Å². The number of aromatic nitrogens is 5. The molecule has 0 atom stereocenters. The van der Waals surface area contributed by atoms with Crippen LogP contribution >= 0.6 is 0 Å². The fourth-order valence-electron chi connectivity index (χ4n) is 16.1. The highest BCUT2D eigenvalue weighted by Crippen LogP contribution is 2.41. The molecule has 5 heteroatoms. The van der Waals surface area contributed by atoms with Crippen LogP contribution < -0.4 is 22.8 Å². The SMILES string of the molecule is [2H]C([2H])([2H])c1c[n+](C)c(-c2cc(-c3ccccc3C([2H])([2H])[2H])c(C([2H])([2H])[2H])cc2C)cc1C.[2H]C([2H])([2H])c1cc(C)c(-c2cc(C([2H])([2H])C(C)(C)C)cc[n+]2C)cc1-c1ccc(C)cc1.[2H]C([2H])([2H])c1ccccc1-c1cc(-c2cc(C([2H])(C)C)c(C([2H])([2H])[2H])c[n+]2C)c(C)cc1C([2H])([2H])[2H].[2H]C([2H])([2H])c1ccccc1-c1cc(-c2cc(C([2H])([2H])C(C)(C)C)c(C([2H])([2H])[2H])c[n+]2C)c(C)cc1C([2H])([2H])[2H].[2H]C([2H])([2H])c1ccccc1-c1cc(-c2cc(C([2H])([2H])C(C)C)c(C([2H])([2H])[2H])c[n+]2C)c(C)cc1C([2H])([2H])[2H]. The summed E-state index contributed by atoms with van der Waals surface area (Å²) in [6.45, 7) is -1.94. The minimum atomic E-state index is -2.58. The van der Waals surface area contributed by atoms with Gasteiger partial charge in [-0.2, -0.15) is 0 Å². The molecular formula is C127H154N5+5. The summed E-state index contributed by atoms with van der Waals surface area (Å²) in [6.07, 6.45) is 2.20. The van der Waals surface area contributed by atoms with E-state index in [1.165, 1.54) is 73.2 Å². The summed E-state index contributed by atoms with van der Waals surface area (Å²) in [5, 5.41) is 0. The maximum atomic E-state index is 8.88. The standard InChI is InChI=1S/C27H34N.2C26H32N.C25H30N.C23H26N/c1-18-11-9-10-12-23(18)24-15-25(20(3)13-19(24)2)26-14-22(16-27(5,6)7)21(4)17-28(26)8;1-18-8-10-22(11-9-18)23-16-24(20(3)14-19(23)2)25-15-21(12-13-27(25)7)17-26(4,5)6;1-17(2)12-22-14-26(27(7)16-21(22)6)25-15-24(19(4)13-20(25)5)23-11-9-8-10-18(23)3;1-16(2)22-14-25(26(7)15-20(22)6)24-13-23(18(4)12-19(24)5)21-11-9-8-10-17(21)3;1-15-9-7-8-10-20(15)21-13-22(18(4)11-17(21)3)23-12-16(2)19(5)14-24(23)6/h9-15,17H,16H2,1-8H3;8-16H,17H2,1-7H3;8-11,13-17H,12H2,1-7H3;8-16H,1-7H3;7-14H,1-6H3/q5*+1/i1D3,2D3,4D3,16D2;2D3,17D2;3D3,4D3,6D3,12D2;3D3,4D3,6D3,16D;1D3,3D3,5D3. The van der Waals surface area contributed by atoms with Crippen molar-refractivity contribution in [2.45, 2.75) is 232 Å². The largest absolute Gasteiger partial charge is 0.212 e. The average molecular weight is 1800 g/mol. The van der Waals surface area contributed by atoms with Crippen molar-refractivity contribution in [1.29, 1.82) is 0 Å². The van der Waals surface area contributed by atoms with Crippen LogP contribution in [0, 0.1) is 154 Å². The molecule has 15 aromatic rings. The highest BCUT2D eigenvalue weighted by atomic mass is 14.9. The Balaban J connectivity index is 0.000000207. The van der Waals surface area contributed by atoms with Crippen LogP contribution in [-0.2, 0) is 54.4 Å². The van der Waals surface area contributed by atoms with Crippen LogP contribution in [0.2, 0.25) is 0 Å². The predicted molar refractivity (Wildman–Crippen MR) is 566 cm³/mol. The van der Waals surface area contributed by atoms with Gasteiger partial charge in [-0.05, 0) is 371 Å². The topological polar surface area (TPSA) is 19.4 Å². The van der Waals surface area contributed by atoms with E-state index >= 15 is 0 Å². The van der Waals surface area contributed by atoms with Gasteiger partial charge >= 0.3 is 0 Å². The molecule has 5 nitrogen and oxygen atoms in total. The number of rotatable bonds is 15. The molecule has 0 aliphatic carbocycles. The maximum Gasteiger partial charge on any atom is 0.212 e. The monoisotopic (exact) mass is 1800 g/mol. The molecule has 5 aromatic heterocycles. The Morgan fingerprint density at radius 1 is 0.265 bits per heavy atom. The molecule has 0 fully saturated rings. The van der Waals surface area contributed by atoms with Gasteiger partial charge in [0.2, 0.25) is 28.5 Å². The number of aryl methyl sites for hydroxylation is 25. The minimum absolute atomic E-state index is 0.00468. The van der Waals surface area contributed by atoms with Crippen molar-refractivity contribution in [3.8, 4) is 112 Å². The summed E-state index contributed by atoms with van der Waals surface area (Å²) in [7, 11) is 8.64. The van der Waals surface area contributed by atoms with Crippen molar-refractivity contribution in [3.05, 3.63) is 383 Å². The second-order valence-electron chi connectivity index (χ2n) is 36.7. The lowest BCUT2D eigenvalue weighted by atomic mass is 9.85. The molecule has 0 spiro atoms. The molecule has 682 valence electrons. The molecule has 0 radical (unpaired) electrons. The third-order valence-electron chi connectivity index (χ3n) is 22.9. The Morgan fingerprint density at radius 3 is 0.932 bits per heavy atom. The lowest BCUT2D eigenvalue weighted by molar-refractivity contribution is -0.660. The van der Waals surface area contributed by atoms with Gasteiger partial charge in [0.1, 0.15) is 35.2 Å². The Morgan fingerprint density at radius 2 is 0.576 bits per heavy atom. The lowest BCUT2D eigenvalue weighted by Gasteiger charge is -2.20. The van der Waals surface area contributed by atoms with E-state index in [0.29, 0.717) is 112 Å². The second kappa shape index (κ2) is 42.7. The summed E-state index contributed by atoms with van der Waals surface area (Å²) in [4.78, 5) is 0. The molecule has 0 saturated carbocycles. The van der Waals surface area contributed by atoms with Gasteiger partial charge in [0.15, 0.2) is 31.0 Å². The zero-order chi connectivity index (χ0) is 135. The molecule has 5 heterocycles. The molecule has 0 saturated heterocycles. The van der Waals surface area contributed by atoms with Gasteiger partial charge in [-0.1, -0.05) is 226 Å². The first kappa shape index (κ1) is 54.8. The first-order valence-corrected chi connectivity index (χ1v) is 43.9. The minimum Gasteiger partial charge on any atom is -0.201 e. The van der Waals surface area contributed by atoms with Crippen LogP contribution in [0.15, 0.2) is 249 Å². The van der Waals surface area contributed by atoms with E-state index in [2.05, 4.69) is 0 Å². The third-order valence-corrected chi connectivity index (χ3v) is 22.9. The van der Waals surface area contributed by atoms with E-state index in [-0.39, 0.29) is 106 Å². The van der Waals surface area contributed by atoms with Gasteiger partial charge in [0.25, 0.3) is 0 Å². The van der Waals surface area contributed by atoms with Gasteiger partial charge in [-0.15, -0.1) is 0 Å². The molecule has 0 aliphatic rings. The molecule has 0 unspecified atom stereocenters. The summed E-state index contributed by atoms with van der Waals surface area (Å²) < 4.78 is 382. The molecule has 0 bridgehead atoms. The number of pyridine rings is 5. The summed E-state index contributed by atoms with van der Waals surface area (Å²) in [5.41, 5.74) is 15.2. The third kappa shape index (κ3) is 24.4. The van der Waals surface area contributed by atoms with Crippen molar-refractivity contribution >= 4 is 0 Å². The number of hydrogen-bond acceptors (Lipinski definition) is 0. The van der Waals surface area contributed by atoms with Crippen LogP contribution in [0.5, 0.6) is 0 Å². The van der Waals surface area contributed by atoms with Crippen LogP contribution in [0.4, 0.5) is 0 Å². The fourth-order valence-corrected chi connectivity index (χ4v) is 16.1. The Hall–Kier alpha value is -12.1. The molecule has 132 heavy (non-hydrogen) atoms.